The lowest BCUT2D eigenvalue weighted by molar-refractivity contribution is -0.120. The third-order valence-corrected chi connectivity index (χ3v) is 6.38. The van der Waals surface area contributed by atoms with E-state index in [1.165, 1.54) is 0 Å². The number of methoxy groups -OCH3 is 1. The molecule has 0 spiro atoms. The van der Waals surface area contributed by atoms with E-state index in [1.54, 1.807) is 7.11 Å². The molecule has 1 aromatic heterocycles. The first-order valence-corrected chi connectivity index (χ1v) is 12.7. The van der Waals surface area contributed by atoms with Crippen LogP contribution in [0.3, 0.4) is 0 Å². The molecule has 36 heavy (non-hydrogen) atoms. The van der Waals surface area contributed by atoms with E-state index in [2.05, 4.69) is 16.0 Å². The minimum Gasteiger partial charge on any atom is -0.497 e. The van der Waals surface area contributed by atoms with Crippen LogP contribution in [0.15, 0.2) is 72.8 Å². The van der Waals surface area contributed by atoms with Crippen LogP contribution in [0.5, 0.6) is 11.5 Å². The van der Waals surface area contributed by atoms with Gasteiger partial charge in [0.05, 0.1) is 36.1 Å². The maximum absolute atomic E-state index is 12.2. The lowest BCUT2D eigenvalue weighted by Gasteiger charge is -2.12. The Hall–Kier alpha value is -3.51. The molecular weight excluding hydrogens is 474 g/mol. The number of unbranched alkanes of at least 4 members (excludes halogenated alkanes) is 2. The molecule has 0 saturated heterocycles. The van der Waals surface area contributed by atoms with Gasteiger partial charge >= 0.3 is 0 Å². The van der Waals surface area contributed by atoms with Gasteiger partial charge in [0.1, 0.15) is 23.9 Å². The number of imidazole rings is 1. The molecule has 1 amide bonds. The molecule has 4 aromatic rings. The highest BCUT2D eigenvalue weighted by molar-refractivity contribution is 6.32. The summed E-state index contributed by atoms with van der Waals surface area (Å²) in [6.45, 7) is 1.89. The summed E-state index contributed by atoms with van der Waals surface area (Å²) in [5, 5.41) is 3.64. The summed E-state index contributed by atoms with van der Waals surface area (Å²) < 4.78 is 13.3. The lowest BCUT2D eigenvalue weighted by atomic mass is 10.1. The van der Waals surface area contributed by atoms with Gasteiger partial charge in [-0.05, 0) is 54.8 Å². The number of hydrogen-bond acceptors (Lipinski definition) is 4. The average molecular weight is 506 g/mol. The third-order valence-electron chi connectivity index (χ3n) is 6.07. The van der Waals surface area contributed by atoms with Crippen molar-refractivity contribution in [3.63, 3.8) is 0 Å². The zero-order chi connectivity index (χ0) is 25.2. The van der Waals surface area contributed by atoms with E-state index in [1.807, 2.05) is 66.7 Å². The van der Waals surface area contributed by atoms with Crippen molar-refractivity contribution < 1.29 is 14.3 Å². The minimum atomic E-state index is 0.0421. The Labute approximate surface area is 217 Å². The molecule has 0 unspecified atom stereocenters. The molecule has 0 aliphatic rings. The largest absolute Gasteiger partial charge is 0.497 e. The zero-order valence-electron chi connectivity index (χ0n) is 20.6. The molecule has 4 rings (SSSR count). The second-order valence-electron chi connectivity index (χ2n) is 8.63. The van der Waals surface area contributed by atoms with Gasteiger partial charge in [-0.2, -0.15) is 0 Å². The summed E-state index contributed by atoms with van der Waals surface area (Å²) in [6, 6.07) is 23.3. The van der Waals surface area contributed by atoms with Crippen LogP contribution >= 0.6 is 11.6 Å². The van der Waals surface area contributed by atoms with Crippen molar-refractivity contribution >= 4 is 28.5 Å². The molecule has 0 aliphatic carbocycles. The highest BCUT2D eigenvalue weighted by Crippen LogP contribution is 2.24. The number of carbonyl (C=O) groups is 1. The molecule has 1 N–H and O–H groups in total. The van der Waals surface area contributed by atoms with Crippen molar-refractivity contribution in [2.45, 2.75) is 38.6 Å². The number of nitrogens with zero attached hydrogens (tertiary/aromatic N) is 2. The monoisotopic (exact) mass is 505 g/mol. The van der Waals surface area contributed by atoms with Gasteiger partial charge in [-0.25, -0.2) is 4.98 Å². The highest BCUT2D eigenvalue weighted by Gasteiger charge is 2.11. The fourth-order valence-electron chi connectivity index (χ4n) is 4.18. The van der Waals surface area contributed by atoms with Crippen molar-refractivity contribution in [3.8, 4) is 11.5 Å². The Bertz CT molecular complexity index is 1270. The second-order valence-corrected chi connectivity index (χ2v) is 9.04. The Kier molecular flexibility index (Phi) is 9.22. The summed E-state index contributed by atoms with van der Waals surface area (Å²) in [4.78, 5) is 17.1. The minimum absolute atomic E-state index is 0.0421. The topological polar surface area (TPSA) is 65.4 Å². The molecule has 6 nitrogen and oxygen atoms in total. The maximum Gasteiger partial charge on any atom is 0.224 e. The fourth-order valence-corrected chi connectivity index (χ4v) is 4.37. The smallest absolute Gasteiger partial charge is 0.224 e. The van der Waals surface area contributed by atoms with Crippen LogP contribution in [0.2, 0.25) is 5.02 Å². The van der Waals surface area contributed by atoms with E-state index in [-0.39, 0.29) is 5.91 Å². The van der Waals surface area contributed by atoms with Crippen LogP contribution in [0.4, 0.5) is 0 Å². The Morgan fingerprint density at radius 1 is 0.972 bits per heavy atom. The van der Waals surface area contributed by atoms with Gasteiger partial charge in [-0.3, -0.25) is 4.79 Å². The summed E-state index contributed by atoms with van der Waals surface area (Å²) >= 11 is 6.22. The molecule has 0 radical (unpaired) electrons. The molecule has 0 atom stereocenters. The number of para-hydroxylation sites is 3. The van der Waals surface area contributed by atoms with E-state index >= 15 is 0 Å². The highest BCUT2D eigenvalue weighted by atomic mass is 35.5. The number of nitrogens with one attached hydrogen (secondary N) is 1. The normalized spacial score (nSPS) is 10.9. The molecule has 1 heterocycles. The van der Waals surface area contributed by atoms with Crippen molar-refractivity contribution in [3.05, 3.63) is 89.2 Å². The fraction of sp³-hybridized carbons (Fsp3) is 0.310. The van der Waals surface area contributed by atoms with E-state index in [9.17, 15) is 4.79 Å². The number of rotatable bonds is 13. The van der Waals surface area contributed by atoms with E-state index < -0.39 is 0 Å². The number of hydrogen-bond donors (Lipinski definition) is 1. The first-order chi connectivity index (χ1) is 17.6. The van der Waals surface area contributed by atoms with Crippen molar-refractivity contribution in [1.82, 2.24) is 14.9 Å². The van der Waals surface area contributed by atoms with Crippen molar-refractivity contribution in [2.24, 2.45) is 0 Å². The van der Waals surface area contributed by atoms with Gasteiger partial charge in [-0.15, -0.1) is 0 Å². The van der Waals surface area contributed by atoms with Crippen LogP contribution < -0.4 is 14.8 Å². The van der Waals surface area contributed by atoms with Gasteiger partial charge in [0.2, 0.25) is 5.91 Å². The number of benzene rings is 3. The standard InChI is InChI=1S/C29H32ClN3O3/c1-35-23-16-14-22(15-17-23)21-29(34)31-18-8-2-3-13-28-32-25-10-5-6-11-26(25)33(28)19-20-36-27-12-7-4-9-24(27)30/h4-7,9-12,14-17H,2-3,8,13,18-21H2,1H3,(H,31,34). The number of carbonyl (C=O) groups excluding carboxylic acids is 1. The maximum atomic E-state index is 12.2. The Morgan fingerprint density at radius 3 is 2.56 bits per heavy atom. The first kappa shape index (κ1) is 25.6. The molecular formula is C29H32ClN3O3. The van der Waals surface area contributed by atoms with Crippen molar-refractivity contribution in [2.75, 3.05) is 20.3 Å². The van der Waals surface area contributed by atoms with Gasteiger partial charge in [-0.1, -0.05) is 54.4 Å². The van der Waals surface area contributed by atoms with E-state index in [4.69, 9.17) is 26.1 Å². The van der Waals surface area contributed by atoms with Gasteiger partial charge in [0.15, 0.2) is 0 Å². The molecule has 188 valence electrons. The number of halogens is 1. The molecule has 0 fully saturated rings. The Balaban J connectivity index is 1.22. The van der Waals surface area contributed by atoms with Crippen molar-refractivity contribution in [1.29, 1.82) is 0 Å². The van der Waals surface area contributed by atoms with Crippen LogP contribution in [0.1, 0.15) is 30.7 Å². The summed E-state index contributed by atoms with van der Waals surface area (Å²) in [7, 11) is 1.63. The van der Waals surface area contributed by atoms with Gasteiger partial charge in [0, 0.05) is 13.0 Å². The number of aromatic nitrogens is 2. The number of fused-ring (bicyclic) bond motifs is 1. The average Bonchev–Trinajstić information content (AvgIpc) is 3.25. The van der Waals surface area contributed by atoms with E-state index in [0.29, 0.717) is 36.9 Å². The lowest BCUT2D eigenvalue weighted by Crippen LogP contribution is -2.26. The Morgan fingerprint density at radius 2 is 1.75 bits per heavy atom. The second kappa shape index (κ2) is 13.0. The zero-order valence-corrected chi connectivity index (χ0v) is 21.3. The predicted molar refractivity (Wildman–Crippen MR) is 144 cm³/mol. The number of ether oxygens (including phenoxy) is 2. The molecule has 0 saturated carbocycles. The SMILES string of the molecule is COc1ccc(CC(=O)NCCCCCc2nc3ccccc3n2CCOc2ccccc2Cl)cc1. The summed E-state index contributed by atoms with van der Waals surface area (Å²) in [5.74, 6) is 2.59. The van der Waals surface area contributed by atoms with E-state index in [0.717, 1.165) is 53.9 Å². The third kappa shape index (κ3) is 7.01. The summed E-state index contributed by atoms with van der Waals surface area (Å²) in [5.41, 5.74) is 3.09. The van der Waals surface area contributed by atoms with Crippen LogP contribution in [0.25, 0.3) is 11.0 Å². The first-order valence-electron chi connectivity index (χ1n) is 12.3. The predicted octanol–water partition coefficient (Wildman–Crippen LogP) is 5.85. The quantitative estimate of drug-likeness (QED) is 0.231. The molecule has 0 bridgehead atoms. The van der Waals surface area contributed by atoms with Gasteiger partial charge in [0.25, 0.3) is 0 Å². The van der Waals surface area contributed by atoms with Gasteiger partial charge < -0.3 is 19.4 Å². The van der Waals surface area contributed by atoms with Crippen LogP contribution in [0, 0.1) is 0 Å². The molecule has 7 heteroatoms. The van der Waals surface area contributed by atoms with Crippen LogP contribution in [-0.4, -0.2) is 35.7 Å². The number of aryl methyl sites for hydroxylation is 1. The molecule has 0 aliphatic heterocycles. The summed E-state index contributed by atoms with van der Waals surface area (Å²) in [6.07, 6.45) is 4.21. The molecule has 3 aromatic carbocycles. The number of amides is 1. The van der Waals surface area contributed by atoms with Crippen LogP contribution in [-0.2, 0) is 24.2 Å².